The third-order valence-electron chi connectivity index (χ3n) is 3.95. The third kappa shape index (κ3) is 4.78. The molecule has 0 radical (unpaired) electrons. The van der Waals surface area contributed by atoms with E-state index in [2.05, 4.69) is 5.32 Å². The van der Waals surface area contributed by atoms with Crippen LogP contribution in [0.3, 0.4) is 0 Å². The zero-order valence-electron chi connectivity index (χ0n) is 13.9. The highest BCUT2D eigenvalue weighted by atomic mass is 32.2. The largest absolute Gasteiger partial charge is 0.352 e. The lowest BCUT2D eigenvalue weighted by Gasteiger charge is -2.21. The summed E-state index contributed by atoms with van der Waals surface area (Å²) in [4.78, 5) is 12.3. The minimum absolute atomic E-state index is 0.139. The molecule has 0 atom stereocenters. The number of benzene rings is 1. The van der Waals surface area contributed by atoms with Gasteiger partial charge >= 0.3 is 0 Å². The summed E-state index contributed by atoms with van der Waals surface area (Å²) in [5.74, 6) is 0.482. The topological polar surface area (TPSA) is 66.5 Å². The van der Waals surface area contributed by atoms with Crippen molar-refractivity contribution in [3.05, 3.63) is 29.8 Å². The van der Waals surface area contributed by atoms with Crippen LogP contribution in [-0.4, -0.2) is 38.3 Å². The van der Waals surface area contributed by atoms with Gasteiger partial charge in [0.05, 0.1) is 4.90 Å². The number of nitrogens with one attached hydrogen (secondary N) is 1. The monoisotopic (exact) mass is 338 g/mol. The van der Waals surface area contributed by atoms with Crippen molar-refractivity contribution in [2.24, 2.45) is 5.92 Å². The minimum Gasteiger partial charge on any atom is -0.352 e. The first kappa shape index (κ1) is 17.9. The lowest BCUT2D eigenvalue weighted by atomic mass is 10.2. The van der Waals surface area contributed by atoms with E-state index in [0.29, 0.717) is 31.1 Å². The summed E-state index contributed by atoms with van der Waals surface area (Å²) in [5.41, 5.74) is 0.502. The Morgan fingerprint density at radius 1 is 1.13 bits per heavy atom. The maximum atomic E-state index is 12.6. The first-order chi connectivity index (χ1) is 11.0. The Labute approximate surface area is 139 Å². The van der Waals surface area contributed by atoms with Gasteiger partial charge in [0.15, 0.2) is 0 Å². The van der Waals surface area contributed by atoms with Gasteiger partial charge in [-0.15, -0.1) is 0 Å². The molecule has 0 spiro atoms. The molecule has 0 aromatic heterocycles. The van der Waals surface area contributed by atoms with Gasteiger partial charge in [0, 0.05) is 25.2 Å². The van der Waals surface area contributed by atoms with Crippen molar-refractivity contribution in [3.63, 3.8) is 0 Å². The fourth-order valence-electron chi connectivity index (χ4n) is 2.44. The van der Waals surface area contributed by atoms with Gasteiger partial charge in [0.1, 0.15) is 0 Å². The van der Waals surface area contributed by atoms with Gasteiger partial charge in [-0.1, -0.05) is 13.8 Å². The third-order valence-corrected chi connectivity index (χ3v) is 5.86. The molecular weight excluding hydrogens is 312 g/mol. The summed E-state index contributed by atoms with van der Waals surface area (Å²) >= 11 is 0. The van der Waals surface area contributed by atoms with Gasteiger partial charge in [-0.25, -0.2) is 8.42 Å². The maximum Gasteiger partial charge on any atom is 0.251 e. The zero-order chi connectivity index (χ0) is 16.9. The van der Waals surface area contributed by atoms with Crippen LogP contribution in [0.1, 0.15) is 49.9 Å². The van der Waals surface area contributed by atoms with Gasteiger partial charge < -0.3 is 5.32 Å². The Morgan fingerprint density at radius 2 is 1.70 bits per heavy atom. The first-order valence-corrected chi connectivity index (χ1v) is 9.81. The molecule has 0 unspecified atom stereocenters. The lowest BCUT2D eigenvalue weighted by Crippen LogP contribution is -2.32. The smallest absolute Gasteiger partial charge is 0.251 e. The van der Waals surface area contributed by atoms with Crippen LogP contribution in [0.5, 0.6) is 0 Å². The van der Waals surface area contributed by atoms with Gasteiger partial charge in [-0.3, -0.25) is 4.79 Å². The molecule has 1 fully saturated rings. The van der Waals surface area contributed by atoms with E-state index in [1.807, 2.05) is 13.8 Å². The van der Waals surface area contributed by atoms with Crippen molar-refractivity contribution in [1.29, 1.82) is 0 Å². The van der Waals surface area contributed by atoms with Crippen molar-refractivity contribution in [2.75, 3.05) is 19.6 Å². The summed E-state index contributed by atoms with van der Waals surface area (Å²) in [6, 6.07) is 6.23. The number of carbonyl (C=O) groups is 1. The predicted octanol–water partition coefficient (Wildman–Crippen LogP) is 2.64. The summed E-state index contributed by atoms with van der Waals surface area (Å²) < 4.78 is 26.8. The van der Waals surface area contributed by atoms with Gasteiger partial charge in [0.2, 0.25) is 10.0 Å². The van der Waals surface area contributed by atoms with E-state index >= 15 is 0 Å². The Balaban J connectivity index is 2.08. The predicted molar refractivity (Wildman–Crippen MR) is 90.8 cm³/mol. The zero-order valence-corrected chi connectivity index (χ0v) is 14.7. The Bertz CT molecular complexity index is 616. The van der Waals surface area contributed by atoms with Crippen molar-refractivity contribution >= 4 is 15.9 Å². The number of carbonyl (C=O) groups excluding carboxylic acids is 1. The van der Waals surface area contributed by atoms with Crippen LogP contribution in [0, 0.1) is 5.92 Å². The van der Waals surface area contributed by atoms with Crippen molar-refractivity contribution in [1.82, 2.24) is 9.62 Å². The highest BCUT2D eigenvalue weighted by molar-refractivity contribution is 7.89. The average molecular weight is 338 g/mol. The van der Waals surface area contributed by atoms with Crippen LogP contribution in [0.2, 0.25) is 0 Å². The van der Waals surface area contributed by atoms with Crippen molar-refractivity contribution in [3.8, 4) is 0 Å². The normalized spacial score (nSPS) is 14.9. The van der Waals surface area contributed by atoms with Crippen LogP contribution >= 0.6 is 0 Å². The molecule has 23 heavy (non-hydrogen) atoms. The van der Waals surface area contributed by atoms with E-state index in [1.165, 1.54) is 29.3 Å². The average Bonchev–Trinajstić information content (AvgIpc) is 3.37. The van der Waals surface area contributed by atoms with E-state index in [4.69, 9.17) is 0 Å². The molecule has 1 saturated carbocycles. The number of hydrogen-bond donors (Lipinski definition) is 1. The summed E-state index contributed by atoms with van der Waals surface area (Å²) in [5, 5.41) is 2.88. The standard InChI is InChI=1S/C17H26N2O3S/c1-3-11-19(12-4-2)23(21,22)16-9-7-15(8-10-16)17(20)18-13-14-5-6-14/h7-10,14H,3-6,11-13H2,1-2H3,(H,18,20). The Morgan fingerprint density at radius 3 is 2.17 bits per heavy atom. The number of hydrogen-bond acceptors (Lipinski definition) is 3. The molecule has 0 heterocycles. The molecule has 1 aromatic carbocycles. The molecule has 1 aliphatic carbocycles. The molecular formula is C17H26N2O3S. The summed E-state index contributed by atoms with van der Waals surface area (Å²) in [6.45, 7) is 5.66. The van der Waals surface area contributed by atoms with E-state index in [1.54, 1.807) is 12.1 Å². The van der Waals surface area contributed by atoms with E-state index in [-0.39, 0.29) is 10.8 Å². The van der Waals surface area contributed by atoms with Gasteiger partial charge in [0.25, 0.3) is 5.91 Å². The molecule has 1 N–H and O–H groups in total. The molecule has 5 nitrogen and oxygen atoms in total. The number of nitrogens with zero attached hydrogens (tertiary/aromatic N) is 1. The van der Waals surface area contributed by atoms with Crippen LogP contribution in [0.25, 0.3) is 0 Å². The molecule has 128 valence electrons. The second kappa shape index (κ2) is 7.93. The van der Waals surface area contributed by atoms with Crippen molar-refractivity contribution < 1.29 is 13.2 Å². The molecule has 0 aliphatic heterocycles. The van der Waals surface area contributed by atoms with Crippen LogP contribution in [-0.2, 0) is 10.0 Å². The lowest BCUT2D eigenvalue weighted by molar-refractivity contribution is 0.0951. The molecule has 1 aromatic rings. The minimum atomic E-state index is -3.48. The number of rotatable bonds is 9. The molecule has 6 heteroatoms. The fourth-order valence-corrected chi connectivity index (χ4v) is 4.06. The highest BCUT2D eigenvalue weighted by Crippen LogP contribution is 2.27. The van der Waals surface area contributed by atoms with Gasteiger partial charge in [-0.2, -0.15) is 4.31 Å². The number of sulfonamides is 1. The summed E-state index contributed by atoms with van der Waals surface area (Å²) in [6.07, 6.45) is 3.92. The van der Waals surface area contributed by atoms with Gasteiger partial charge in [-0.05, 0) is 55.9 Å². The van der Waals surface area contributed by atoms with E-state index in [9.17, 15) is 13.2 Å². The number of amides is 1. The van der Waals surface area contributed by atoms with Crippen LogP contribution in [0.4, 0.5) is 0 Å². The fraction of sp³-hybridized carbons (Fsp3) is 0.588. The molecule has 1 aliphatic rings. The van der Waals surface area contributed by atoms with Crippen molar-refractivity contribution in [2.45, 2.75) is 44.4 Å². The summed E-state index contributed by atoms with van der Waals surface area (Å²) in [7, 11) is -3.48. The molecule has 1 amide bonds. The Kier molecular flexibility index (Phi) is 6.18. The van der Waals surface area contributed by atoms with E-state index in [0.717, 1.165) is 12.8 Å². The Hall–Kier alpha value is -1.40. The van der Waals surface area contributed by atoms with Crippen LogP contribution < -0.4 is 5.32 Å². The molecule has 0 bridgehead atoms. The second-order valence-corrected chi connectivity index (χ2v) is 8.02. The second-order valence-electron chi connectivity index (χ2n) is 6.08. The first-order valence-electron chi connectivity index (χ1n) is 8.37. The van der Waals surface area contributed by atoms with Crippen LogP contribution in [0.15, 0.2) is 29.2 Å². The molecule has 2 rings (SSSR count). The maximum absolute atomic E-state index is 12.6. The SMILES string of the molecule is CCCN(CCC)S(=O)(=O)c1ccc(C(=O)NCC2CC2)cc1. The highest BCUT2D eigenvalue weighted by Gasteiger charge is 2.24. The quantitative estimate of drug-likeness (QED) is 0.753. The van der Waals surface area contributed by atoms with E-state index < -0.39 is 10.0 Å². The molecule has 0 saturated heterocycles.